The number of benzene rings is 1. The maximum atomic E-state index is 13.1. The largest absolute Gasteiger partial charge is 0.383 e. The van der Waals surface area contributed by atoms with Gasteiger partial charge in [-0.2, -0.15) is 5.10 Å². The highest BCUT2D eigenvalue weighted by Crippen LogP contribution is 2.40. The molecular weight excluding hydrogens is 380 g/mol. The lowest BCUT2D eigenvalue weighted by Crippen LogP contribution is -2.39. The number of likely N-dealkylation sites (tertiary alicyclic amines) is 2. The molecule has 2 saturated heterocycles. The second-order valence-corrected chi connectivity index (χ2v) is 8.45. The Morgan fingerprint density at radius 1 is 1.17 bits per heavy atom. The lowest BCUT2D eigenvalue weighted by Gasteiger charge is -2.23. The number of nitrogens with zero attached hydrogens (tertiary/aromatic N) is 4. The number of carbonyl (C=O) groups is 2. The van der Waals surface area contributed by atoms with Crippen molar-refractivity contribution in [3.8, 4) is 5.69 Å². The Hall–Kier alpha value is -2.67. The van der Waals surface area contributed by atoms with Crippen LogP contribution in [0.3, 0.4) is 0 Å². The number of hydrogen-bond acceptors (Lipinski definition) is 4. The molecule has 7 heteroatoms. The van der Waals surface area contributed by atoms with E-state index >= 15 is 0 Å². The number of hydrogen-bond donors (Lipinski definition) is 0. The van der Waals surface area contributed by atoms with Crippen LogP contribution in [0.4, 0.5) is 0 Å². The maximum Gasteiger partial charge on any atom is 0.230 e. The van der Waals surface area contributed by atoms with Gasteiger partial charge < -0.3 is 14.5 Å². The summed E-state index contributed by atoms with van der Waals surface area (Å²) in [5.74, 6) is 0.257. The van der Waals surface area contributed by atoms with Crippen molar-refractivity contribution >= 4 is 11.8 Å². The van der Waals surface area contributed by atoms with Gasteiger partial charge >= 0.3 is 0 Å². The molecule has 1 spiro atoms. The lowest BCUT2D eigenvalue weighted by molar-refractivity contribution is -0.136. The fourth-order valence-corrected chi connectivity index (χ4v) is 4.79. The number of aromatic nitrogens is 2. The third-order valence-corrected chi connectivity index (χ3v) is 6.64. The molecule has 0 saturated carbocycles. The van der Waals surface area contributed by atoms with E-state index in [-0.39, 0.29) is 11.8 Å². The van der Waals surface area contributed by atoms with Gasteiger partial charge in [0.25, 0.3) is 0 Å². The van der Waals surface area contributed by atoms with Crippen LogP contribution in [0, 0.1) is 19.3 Å². The van der Waals surface area contributed by atoms with Crippen molar-refractivity contribution in [2.75, 3.05) is 39.9 Å². The number of ether oxygens (including phenoxy) is 1. The van der Waals surface area contributed by atoms with Gasteiger partial charge in [0.05, 0.1) is 29.8 Å². The second kappa shape index (κ2) is 8.22. The quantitative estimate of drug-likeness (QED) is 0.732. The van der Waals surface area contributed by atoms with Gasteiger partial charge in [0, 0.05) is 44.5 Å². The van der Waals surface area contributed by atoms with Crippen LogP contribution >= 0.6 is 0 Å². The summed E-state index contributed by atoms with van der Waals surface area (Å²) in [5.41, 5.74) is 3.43. The summed E-state index contributed by atoms with van der Waals surface area (Å²) in [6.07, 6.45) is 1.90. The van der Waals surface area contributed by atoms with E-state index in [1.807, 2.05) is 58.7 Å². The van der Waals surface area contributed by atoms with Crippen molar-refractivity contribution in [2.24, 2.45) is 5.41 Å². The number of carbonyl (C=O) groups excluding carboxylic acids is 2. The third-order valence-electron chi connectivity index (χ3n) is 6.64. The van der Waals surface area contributed by atoms with Gasteiger partial charge in [-0.15, -0.1) is 0 Å². The standard InChI is InChI=1S/C23H30N4O3/c1-17-20(18(2)27(24-17)19-7-5-4-6-8-19)15-21(28)26-12-10-23(16-26)9-11-25(22(23)29)13-14-30-3/h4-8H,9-16H2,1-3H3. The van der Waals surface area contributed by atoms with Crippen molar-refractivity contribution in [2.45, 2.75) is 33.1 Å². The van der Waals surface area contributed by atoms with E-state index in [1.54, 1.807) is 7.11 Å². The van der Waals surface area contributed by atoms with Crippen molar-refractivity contribution in [3.05, 3.63) is 47.3 Å². The van der Waals surface area contributed by atoms with Crippen LogP contribution in [0.2, 0.25) is 0 Å². The predicted octanol–water partition coefficient (Wildman–Crippen LogP) is 2.13. The third kappa shape index (κ3) is 3.62. The number of amides is 2. The molecule has 1 aromatic heterocycles. The first kappa shape index (κ1) is 20.6. The average Bonchev–Trinajstić information content (AvgIpc) is 3.41. The number of rotatable bonds is 6. The number of methoxy groups -OCH3 is 1. The summed E-state index contributed by atoms with van der Waals surface area (Å²) in [5, 5.41) is 4.65. The van der Waals surface area contributed by atoms with Crippen molar-refractivity contribution < 1.29 is 14.3 Å². The van der Waals surface area contributed by atoms with E-state index < -0.39 is 5.41 Å². The highest BCUT2D eigenvalue weighted by atomic mass is 16.5. The minimum atomic E-state index is -0.401. The first-order valence-corrected chi connectivity index (χ1v) is 10.6. The van der Waals surface area contributed by atoms with Crippen LogP contribution in [0.15, 0.2) is 30.3 Å². The second-order valence-electron chi connectivity index (χ2n) is 8.45. The lowest BCUT2D eigenvalue weighted by atomic mass is 9.85. The molecule has 1 unspecified atom stereocenters. The summed E-state index contributed by atoms with van der Waals surface area (Å²) < 4.78 is 7.02. The molecule has 0 radical (unpaired) electrons. The molecule has 2 amide bonds. The van der Waals surface area contributed by atoms with Gasteiger partial charge in [-0.3, -0.25) is 9.59 Å². The summed E-state index contributed by atoms with van der Waals surface area (Å²) in [6.45, 7) is 7.07. The Morgan fingerprint density at radius 2 is 1.90 bits per heavy atom. The Labute approximate surface area is 177 Å². The first-order valence-electron chi connectivity index (χ1n) is 10.6. The van der Waals surface area contributed by atoms with Crippen molar-refractivity contribution in [1.29, 1.82) is 0 Å². The zero-order valence-corrected chi connectivity index (χ0v) is 18.1. The molecule has 2 aliphatic heterocycles. The molecular formula is C23H30N4O3. The van der Waals surface area contributed by atoms with Gasteiger partial charge in [-0.05, 0) is 38.8 Å². The molecule has 7 nitrogen and oxygen atoms in total. The van der Waals surface area contributed by atoms with Gasteiger partial charge in [0.15, 0.2) is 0 Å². The fraction of sp³-hybridized carbons (Fsp3) is 0.522. The molecule has 0 N–H and O–H groups in total. The van der Waals surface area contributed by atoms with Crippen LogP contribution in [-0.2, 0) is 20.7 Å². The van der Waals surface area contributed by atoms with Gasteiger partial charge in [-0.25, -0.2) is 4.68 Å². The monoisotopic (exact) mass is 410 g/mol. The summed E-state index contributed by atoms with van der Waals surface area (Å²) in [7, 11) is 1.65. The molecule has 4 rings (SSSR count). The summed E-state index contributed by atoms with van der Waals surface area (Å²) in [4.78, 5) is 29.8. The topological polar surface area (TPSA) is 67.7 Å². The Bertz CT molecular complexity index is 939. The molecule has 1 aromatic carbocycles. The van der Waals surface area contributed by atoms with Crippen LogP contribution in [0.5, 0.6) is 0 Å². The van der Waals surface area contributed by atoms with E-state index in [0.29, 0.717) is 32.7 Å². The van der Waals surface area contributed by atoms with Gasteiger partial charge in [0.1, 0.15) is 0 Å². The molecule has 2 aromatic rings. The van der Waals surface area contributed by atoms with E-state index in [0.717, 1.165) is 42.0 Å². The van der Waals surface area contributed by atoms with E-state index in [9.17, 15) is 9.59 Å². The molecule has 2 fully saturated rings. The van der Waals surface area contributed by atoms with E-state index in [1.165, 1.54) is 0 Å². The number of para-hydroxylation sites is 1. The van der Waals surface area contributed by atoms with Crippen molar-refractivity contribution in [1.82, 2.24) is 19.6 Å². The Kier molecular flexibility index (Phi) is 5.64. The zero-order chi connectivity index (χ0) is 21.3. The molecule has 0 aliphatic carbocycles. The Balaban J connectivity index is 1.45. The predicted molar refractivity (Wildman–Crippen MR) is 113 cm³/mol. The van der Waals surface area contributed by atoms with Crippen LogP contribution < -0.4 is 0 Å². The smallest absolute Gasteiger partial charge is 0.230 e. The SMILES string of the molecule is COCCN1CCC2(CCN(C(=O)Cc3c(C)nn(-c4ccccc4)c3C)C2)C1=O. The first-order chi connectivity index (χ1) is 14.4. The Morgan fingerprint density at radius 3 is 2.63 bits per heavy atom. The number of aryl methyl sites for hydroxylation is 1. The highest BCUT2D eigenvalue weighted by Gasteiger charge is 2.51. The molecule has 2 aliphatic rings. The van der Waals surface area contributed by atoms with Crippen molar-refractivity contribution in [3.63, 3.8) is 0 Å². The van der Waals surface area contributed by atoms with E-state index in [2.05, 4.69) is 5.10 Å². The summed E-state index contributed by atoms with van der Waals surface area (Å²) in [6, 6.07) is 9.96. The fourth-order valence-electron chi connectivity index (χ4n) is 4.79. The van der Waals surface area contributed by atoms with Crippen LogP contribution in [-0.4, -0.2) is 71.3 Å². The van der Waals surface area contributed by atoms with Crippen LogP contribution in [0.25, 0.3) is 5.69 Å². The van der Waals surface area contributed by atoms with Crippen LogP contribution in [0.1, 0.15) is 29.8 Å². The summed E-state index contributed by atoms with van der Waals surface area (Å²) >= 11 is 0. The van der Waals surface area contributed by atoms with Gasteiger partial charge in [-0.1, -0.05) is 18.2 Å². The highest BCUT2D eigenvalue weighted by molar-refractivity contribution is 5.87. The molecule has 30 heavy (non-hydrogen) atoms. The average molecular weight is 411 g/mol. The zero-order valence-electron chi connectivity index (χ0n) is 18.1. The minimum Gasteiger partial charge on any atom is -0.383 e. The van der Waals surface area contributed by atoms with Gasteiger partial charge in [0.2, 0.25) is 11.8 Å². The normalized spacial score (nSPS) is 21.2. The molecule has 3 heterocycles. The maximum absolute atomic E-state index is 13.1. The molecule has 160 valence electrons. The molecule has 0 bridgehead atoms. The minimum absolute atomic E-state index is 0.0776. The van der Waals surface area contributed by atoms with E-state index in [4.69, 9.17) is 4.74 Å². The molecule has 1 atom stereocenters.